The zero-order valence-electron chi connectivity index (χ0n) is 20.4. The largest absolute Gasteiger partial charge is 0.326 e. The highest BCUT2D eigenvalue weighted by Gasteiger charge is 2.52. The van der Waals surface area contributed by atoms with Crippen LogP contribution in [-0.4, -0.2) is 35.1 Å². The van der Waals surface area contributed by atoms with Crippen LogP contribution in [0, 0.1) is 5.92 Å². The predicted molar refractivity (Wildman–Crippen MR) is 137 cm³/mol. The second-order valence-electron chi connectivity index (χ2n) is 9.40. The van der Waals surface area contributed by atoms with E-state index in [2.05, 4.69) is 10.6 Å². The third-order valence-electron chi connectivity index (χ3n) is 6.14. The maximum atomic E-state index is 13.7. The Morgan fingerprint density at radius 3 is 2.11 bits per heavy atom. The first kappa shape index (κ1) is 24.9. The number of carbonyl (C=O) groups excluding carboxylic acids is 4. The van der Waals surface area contributed by atoms with Gasteiger partial charge in [-0.05, 0) is 41.3 Å². The van der Waals surface area contributed by atoms with Crippen LogP contribution in [0.4, 0.5) is 10.5 Å². The van der Waals surface area contributed by atoms with Crippen LogP contribution in [0.2, 0.25) is 0 Å². The number of hydrogen-bond donors (Lipinski definition) is 2. The quantitative estimate of drug-likeness (QED) is 0.345. The Bertz CT molecular complexity index is 1260. The molecule has 4 amide bonds. The van der Waals surface area contributed by atoms with Crippen molar-refractivity contribution in [3.63, 3.8) is 0 Å². The Kier molecular flexibility index (Phi) is 7.29. The van der Waals surface area contributed by atoms with Gasteiger partial charge in [-0.15, -0.1) is 0 Å². The van der Waals surface area contributed by atoms with Gasteiger partial charge in [-0.2, -0.15) is 0 Å². The summed E-state index contributed by atoms with van der Waals surface area (Å²) >= 11 is 0. The van der Waals surface area contributed by atoms with Gasteiger partial charge in [0.15, 0.2) is 11.3 Å². The average molecular weight is 484 g/mol. The molecule has 36 heavy (non-hydrogen) atoms. The van der Waals surface area contributed by atoms with Crippen molar-refractivity contribution in [1.82, 2.24) is 10.2 Å². The van der Waals surface area contributed by atoms with Gasteiger partial charge in [0.25, 0.3) is 5.91 Å². The van der Waals surface area contributed by atoms with Crippen molar-refractivity contribution in [1.29, 1.82) is 0 Å². The number of rotatable bonds is 9. The van der Waals surface area contributed by atoms with Gasteiger partial charge in [-0.3, -0.25) is 19.3 Å². The van der Waals surface area contributed by atoms with E-state index in [1.165, 1.54) is 0 Å². The highest BCUT2D eigenvalue weighted by Crippen LogP contribution is 2.33. The van der Waals surface area contributed by atoms with Gasteiger partial charge in [0, 0.05) is 24.1 Å². The van der Waals surface area contributed by atoms with Crippen LogP contribution in [0.15, 0.2) is 84.9 Å². The third-order valence-corrected chi connectivity index (χ3v) is 6.14. The SMILES string of the molecule is CC(C)CC(=O)Nc1ccc(C(=O)CN2C(=O)N[C@@](Cc3ccccc3)(c3ccccc3)C2=O)cc1. The number of carbonyl (C=O) groups is 4. The maximum Gasteiger partial charge on any atom is 0.325 e. The summed E-state index contributed by atoms with van der Waals surface area (Å²) in [4.78, 5) is 52.7. The van der Waals surface area contributed by atoms with Gasteiger partial charge in [0.1, 0.15) is 0 Å². The van der Waals surface area contributed by atoms with Crippen molar-refractivity contribution >= 4 is 29.3 Å². The van der Waals surface area contributed by atoms with Crippen molar-refractivity contribution in [3.05, 3.63) is 102 Å². The lowest BCUT2D eigenvalue weighted by Gasteiger charge is -2.27. The van der Waals surface area contributed by atoms with Gasteiger partial charge >= 0.3 is 6.03 Å². The molecule has 7 nitrogen and oxygen atoms in total. The smallest absolute Gasteiger partial charge is 0.325 e. The van der Waals surface area contributed by atoms with E-state index in [4.69, 9.17) is 0 Å². The molecule has 0 spiro atoms. The Labute approximate surface area is 210 Å². The summed E-state index contributed by atoms with van der Waals surface area (Å²) in [6.07, 6.45) is 0.664. The Balaban J connectivity index is 1.53. The molecule has 0 saturated carbocycles. The third kappa shape index (κ3) is 5.35. The van der Waals surface area contributed by atoms with Crippen LogP contribution in [-0.2, 0) is 21.5 Å². The number of hydrogen-bond acceptors (Lipinski definition) is 4. The van der Waals surface area contributed by atoms with Crippen molar-refractivity contribution in [2.75, 3.05) is 11.9 Å². The van der Waals surface area contributed by atoms with E-state index in [0.29, 0.717) is 23.2 Å². The summed E-state index contributed by atoms with van der Waals surface area (Å²) in [6, 6.07) is 24.4. The number of benzene rings is 3. The van der Waals surface area contributed by atoms with E-state index in [1.807, 2.05) is 62.4 Å². The molecule has 2 N–H and O–H groups in total. The normalized spacial score (nSPS) is 17.2. The fourth-order valence-electron chi connectivity index (χ4n) is 4.37. The fraction of sp³-hybridized carbons (Fsp3) is 0.241. The minimum Gasteiger partial charge on any atom is -0.326 e. The highest BCUT2D eigenvalue weighted by molar-refractivity contribution is 6.11. The topological polar surface area (TPSA) is 95.6 Å². The summed E-state index contributed by atoms with van der Waals surface area (Å²) in [6.45, 7) is 3.54. The van der Waals surface area contributed by atoms with Crippen LogP contribution in [0.5, 0.6) is 0 Å². The van der Waals surface area contributed by atoms with Gasteiger partial charge in [0.2, 0.25) is 5.91 Å². The van der Waals surface area contributed by atoms with E-state index in [0.717, 1.165) is 10.5 Å². The maximum absolute atomic E-state index is 13.7. The first-order chi connectivity index (χ1) is 17.3. The molecule has 0 radical (unpaired) electrons. The zero-order valence-corrected chi connectivity index (χ0v) is 20.4. The molecular weight excluding hydrogens is 454 g/mol. The molecule has 1 atom stereocenters. The number of Topliss-reactive ketones (excluding diaryl/α,β-unsaturated/α-hetero) is 1. The first-order valence-corrected chi connectivity index (χ1v) is 11.9. The molecule has 0 aliphatic carbocycles. The lowest BCUT2D eigenvalue weighted by Crippen LogP contribution is -2.46. The summed E-state index contributed by atoms with van der Waals surface area (Å²) in [5.41, 5.74) is 1.17. The molecule has 1 aliphatic heterocycles. The van der Waals surface area contributed by atoms with Crippen LogP contribution in [0.1, 0.15) is 41.8 Å². The standard InChI is InChI=1S/C29H29N3O4/c1-20(2)17-26(34)30-24-15-13-22(14-16-24)25(33)19-32-27(35)29(31-28(32)36,23-11-7-4-8-12-23)18-21-9-5-3-6-10-21/h3-16,20H,17-19H2,1-2H3,(H,30,34)(H,31,36)/t29-/m0/s1. The number of nitrogens with one attached hydrogen (secondary N) is 2. The molecule has 0 aromatic heterocycles. The Morgan fingerprint density at radius 1 is 0.889 bits per heavy atom. The number of amides is 4. The second-order valence-corrected chi connectivity index (χ2v) is 9.40. The Hall–Kier alpha value is -4.26. The first-order valence-electron chi connectivity index (χ1n) is 11.9. The lowest BCUT2D eigenvalue weighted by atomic mass is 9.83. The zero-order chi connectivity index (χ0) is 25.7. The van der Waals surface area contributed by atoms with E-state index >= 15 is 0 Å². The van der Waals surface area contributed by atoms with Gasteiger partial charge < -0.3 is 10.6 Å². The van der Waals surface area contributed by atoms with Crippen LogP contribution in [0.3, 0.4) is 0 Å². The lowest BCUT2D eigenvalue weighted by molar-refractivity contribution is -0.131. The van der Waals surface area contributed by atoms with Crippen molar-refractivity contribution < 1.29 is 19.2 Å². The molecule has 4 rings (SSSR count). The van der Waals surface area contributed by atoms with Crippen molar-refractivity contribution in [3.8, 4) is 0 Å². The minimum atomic E-state index is -1.30. The summed E-state index contributed by atoms with van der Waals surface area (Å²) in [7, 11) is 0. The van der Waals surface area contributed by atoms with Crippen LogP contribution in [0.25, 0.3) is 0 Å². The molecule has 0 unspecified atom stereocenters. The molecule has 3 aromatic carbocycles. The molecule has 3 aromatic rings. The van der Waals surface area contributed by atoms with E-state index < -0.39 is 17.5 Å². The molecule has 1 heterocycles. The molecule has 1 aliphatic rings. The summed E-state index contributed by atoms with van der Waals surface area (Å²) in [5, 5.41) is 5.67. The number of anilines is 1. The van der Waals surface area contributed by atoms with Gasteiger partial charge in [-0.1, -0.05) is 74.5 Å². The minimum absolute atomic E-state index is 0.0981. The molecule has 1 saturated heterocycles. The molecule has 7 heteroatoms. The Morgan fingerprint density at radius 2 is 1.50 bits per heavy atom. The predicted octanol–water partition coefficient (Wildman–Crippen LogP) is 4.54. The molecular formula is C29H29N3O4. The van der Waals surface area contributed by atoms with Gasteiger partial charge in [0.05, 0.1) is 6.54 Å². The second kappa shape index (κ2) is 10.6. The molecule has 0 bridgehead atoms. The van der Waals surface area contributed by atoms with Crippen molar-refractivity contribution in [2.45, 2.75) is 32.2 Å². The van der Waals surface area contributed by atoms with Crippen molar-refractivity contribution in [2.24, 2.45) is 5.92 Å². The van der Waals surface area contributed by atoms with E-state index in [-0.39, 0.29) is 30.6 Å². The summed E-state index contributed by atoms with van der Waals surface area (Å²) < 4.78 is 0. The van der Waals surface area contributed by atoms with E-state index in [1.54, 1.807) is 36.4 Å². The van der Waals surface area contributed by atoms with E-state index in [9.17, 15) is 19.2 Å². The molecule has 1 fully saturated rings. The van der Waals surface area contributed by atoms with Crippen LogP contribution >= 0.6 is 0 Å². The number of nitrogens with zero attached hydrogens (tertiary/aromatic N) is 1. The van der Waals surface area contributed by atoms with Crippen LogP contribution < -0.4 is 10.6 Å². The molecule has 184 valence electrons. The summed E-state index contributed by atoms with van der Waals surface area (Å²) in [5.74, 6) is -0.699. The number of ketones is 1. The highest BCUT2D eigenvalue weighted by atomic mass is 16.2. The van der Waals surface area contributed by atoms with Gasteiger partial charge in [-0.25, -0.2) is 4.79 Å². The average Bonchev–Trinajstić information content (AvgIpc) is 3.10. The number of urea groups is 1. The monoisotopic (exact) mass is 483 g/mol. The number of imide groups is 1. The fourth-order valence-corrected chi connectivity index (χ4v) is 4.37.